The Morgan fingerprint density at radius 3 is 2.47 bits per heavy atom. The van der Waals surface area contributed by atoms with Gasteiger partial charge in [-0.3, -0.25) is 4.99 Å². The Morgan fingerprint density at radius 1 is 1.33 bits per heavy atom. The van der Waals surface area contributed by atoms with Crippen LogP contribution in [-0.4, -0.2) is 23.1 Å². The van der Waals surface area contributed by atoms with E-state index in [4.69, 9.17) is 10.8 Å². The smallest absolute Gasteiger partial charge is 0.153 e. The second kappa shape index (κ2) is 6.48. The molecule has 1 aromatic carbocycles. The molecular formula is C11H16N2OS. The SMILES string of the molecule is CSC(N)=NCc1ccc(CCO)cc1. The van der Waals surface area contributed by atoms with Crippen LogP contribution in [0.2, 0.25) is 0 Å². The Labute approximate surface area is 94.4 Å². The van der Waals surface area contributed by atoms with Gasteiger partial charge in [0.05, 0.1) is 6.54 Å². The zero-order chi connectivity index (χ0) is 11.1. The van der Waals surface area contributed by atoms with Gasteiger partial charge in [0.25, 0.3) is 0 Å². The second-order valence-electron chi connectivity index (χ2n) is 3.15. The summed E-state index contributed by atoms with van der Waals surface area (Å²) in [5.41, 5.74) is 7.85. The van der Waals surface area contributed by atoms with Crippen LogP contribution in [0.1, 0.15) is 11.1 Å². The molecule has 0 saturated carbocycles. The highest BCUT2D eigenvalue weighted by Gasteiger charge is 1.94. The summed E-state index contributed by atoms with van der Waals surface area (Å²) < 4.78 is 0. The van der Waals surface area contributed by atoms with Crippen molar-refractivity contribution in [2.45, 2.75) is 13.0 Å². The van der Waals surface area contributed by atoms with Crippen LogP contribution in [0.4, 0.5) is 0 Å². The number of aliphatic imine (C=N–C) groups is 1. The Morgan fingerprint density at radius 2 is 1.93 bits per heavy atom. The van der Waals surface area contributed by atoms with Gasteiger partial charge in [-0.05, 0) is 23.8 Å². The third kappa shape index (κ3) is 4.36. The number of rotatable bonds is 4. The van der Waals surface area contributed by atoms with Gasteiger partial charge < -0.3 is 10.8 Å². The lowest BCUT2D eigenvalue weighted by Gasteiger charge is -2.01. The molecule has 15 heavy (non-hydrogen) atoms. The first-order chi connectivity index (χ1) is 7.26. The summed E-state index contributed by atoms with van der Waals surface area (Å²) in [5, 5.41) is 9.36. The maximum atomic E-state index is 8.76. The summed E-state index contributed by atoms with van der Waals surface area (Å²) in [7, 11) is 0. The highest BCUT2D eigenvalue weighted by atomic mass is 32.2. The molecule has 3 nitrogen and oxygen atoms in total. The summed E-state index contributed by atoms with van der Waals surface area (Å²) in [5.74, 6) is 0. The standard InChI is InChI=1S/C11H16N2OS/c1-15-11(12)13-8-10-4-2-9(3-5-10)6-7-14/h2-5,14H,6-8H2,1H3,(H2,12,13). The van der Waals surface area contributed by atoms with Crippen molar-refractivity contribution < 1.29 is 5.11 Å². The minimum absolute atomic E-state index is 0.191. The molecule has 0 amide bonds. The molecule has 0 atom stereocenters. The van der Waals surface area contributed by atoms with Crippen LogP contribution in [0, 0.1) is 0 Å². The molecule has 0 saturated heterocycles. The normalized spacial score (nSPS) is 11.7. The van der Waals surface area contributed by atoms with Gasteiger partial charge in [0.2, 0.25) is 0 Å². The van der Waals surface area contributed by atoms with Crippen LogP contribution in [0.25, 0.3) is 0 Å². The van der Waals surface area contributed by atoms with Gasteiger partial charge in [-0.1, -0.05) is 36.0 Å². The van der Waals surface area contributed by atoms with Crippen molar-refractivity contribution in [1.82, 2.24) is 0 Å². The molecule has 0 bridgehead atoms. The molecule has 0 fully saturated rings. The van der Waals surface area contributed by atoms with Gasteiger partial charge in [-0.15, -0.1) is 0 Å². The summed E-state index contributed by atoms with van der Waals surface area (Å²) >= 11 is 1.45. The number of hydrogen-bond donors (Lipinski definition) is 2. The molecular weight excluding hydrogens is 208 g/mol. The monoisotopic (exact) mass is 224 g/mol. The summed E-state index contributed by atoms with van der Waals surface area (Å²) in [6, 6.07) is 8.05. The van der Waals surface area contributed by atoms with Gasteiger partial charge in [-0.2, -0.15) is 0 Å². The van der Waals surface area contributed by atoms with Crippen molar-refractivity contribution in [2.24, 2.45) is 10.7 Å². The second-order valence-corrected chi connectivity index (χ2v) is 3.98. The predicted molar refractivity (Wildman–Crippen MR) is 66.1 cm³/mol. The topological polar surface area (TPSA) is 58.6 Å². The predicted octanol–water partition coefficient (Wildman–Crippen LogP) is 1.40. The Bertz CT molecular complexity index is 322. The zero-order valence-electron chi connectivity index (χ0n) is 8.81. The fourth-order valence-electron chi connectivity index (χ4n) is 1.17. The van der Waals surface area contributed by atoms with E-state index in [1.54, 1.807) is 0 Å². The molecule has 1 rings (SSSR count). The van der Waals surface area contributed by atoms with E-state index in [-0.39, 0.29) is 6.61 Å². The van der Waals surface area contributed by atoms with Crippen LogP contribution in [0.5, 0.6) is 0 Å². The minimum atomic E-state index is 0.191. The zero-order valence-corrected chi connectivity index (χ0v) is 9.63. The van der Waals surface area contributed by atoms with Gasteiger partial charge >= 0.3 is 0 Å². The van der Waals surface area contributed by atoms with Crippen molar-refractivity contribution in [2.75, 3.05) is 12.9 Å². The first kappa shape index (κ1) is 12.1. The molecule has 3 N–H and O–H groups in total. The largest absolute Gasteiger partial charge is 0.396 e. The summed E-state index contributed by atoms with van der Waals surface area (Å²) in [4.78, 5) is 4.20. The molecule has 1 aromatic rings. The minimum Gasteiger partial charge on any atom is -0.396 e. The number of benzene rings is 1. The molecule has 0 unspecified atom stereocenters. The summed E-state index contributed by atoms with van der Waals surface area (Å²) in [6.45, 7) is 0.809. The molecule has 0 aliphatic rings. The van der Waals surface area contributed by atoms with Crippen LogP contribution in [0.3, 0.4) is 0 Å². The van der Waals surface area contributed by atoms with E-state index >= 15 is 0 Å². The molecule has 0 heterocycles. The third-order valence-corrected chi connectivity index (χ3v) is 2.60. The molecule has 0 spiro atoms. The van der Waals surface area contributed by atoms with Crippen molar-refractivity contribution in [3.8, 4) is 0 Å². The number of nitrogens with zero attached hydrogens (tertiary/aromatic N) is 1. The van der Waals surface area contributed by atoms with E-state index in [1.165, 1.54) is 11.8 Å². The van der Waals surface area contributed by atoms with Crippen molar-refractivity contribution >= 4 is 16.9 Å². The van der Waals surface area contributed by atoms with E-state index in [2.05, 4.69) is 4.99 Å². The fraction of sp³-hybridized carbons (Fsp3) is 0.364. The number of aliphatic hydroxyl groups is 1. The van der Waals surface area contributed by atoms with Crippen molar-refractivity contribution in [3.63, 3.8) is 0 Å². The molecule has 4 heteroatoms. The first-order valence-electron chi connectivity index (χ1n) is 4.79. The number of amidine groups is 1. The highest BCUT2D eigenvalue weighted by Crippen LogP contribution is 2.07. The number of thioether (sulfide) groups is 1. The van der Waals surface area contributed by atoms with Gasteiger partial charge in [-0.25, -0.2) is 0 Å². The summed E-state index contributed by atoms with van der Waals surface area (Å²) in [6.07, 6.45) is 2.61. The Kier molecular flexibility index (Phi) is 5.21. The van der Waals surface area contributed by atoms with E-state index in [9.17, 15) is 0 Å². The lowest BCUT2D eigenvalue weighted by Crippen LogP contribution is -2.05. The number of hydrogen-bond acceptors (Lipinski definition) is 3. The van der Waals surface area contributed by atoms with Gasteiger partial charge in [0, 0.05) is 6.61 Å². The number of aliphatic hydroxyl groups excluding tert-OH is 1. The van der Waals surface area contributed by atoms with E-state index in [0.717, 1.165) is 11.1 Å². The van der Waals surface area contributed by atoms with Crippen molar-refractivity contribution in [3.05, 3.63) is 35.4 Å². The van der Waals surface area contributed by atoms with E-state index in [1.807, 2.05) is 30.5 Å². The van der Waals surface area contributed by atoms with Crippen LogP contribution >= 0.6 is 11.8 Å². The van der Waals surface area contributed by atoms with Gasteiger partial charge in [0.1, 0.15) is 0 Å². The lowest BCUT2D eigenvalue weighted by atomic mass is 10.1. The van der Waals surface area contributed by atoms with E-state index in [0.29, 0.717) is 18.1 Å². The van der Waals surface area contributed by atoms with Crippen LogP contribution in [-0.2, 0) is 13.0 Å². The van der Waals surface area contributed by atoms with E-state index < -0.39 is 0 Å². The molecule has 0 radical (unpaired) electrons. The highest BCUT2D eigenvalue weighted by molar-refractivity contribution is 8.13. The lowest BCUT2D eigenvalue weighted by molar-refractivity contribution is 0.299. The quantitative estimate of drug-likeness (QED) is 0.600. The third-order valence-electron chi connectivity index (χ3n) is 2.05. The Hall–Kier alpha value is -1.00. The molecule has 0 aliphatic carbocycles. The first-order valence-corrected chi connectivity index (χ1v) is 6.01. The maximum Gasteiger partial charge on any atom is 0.153 e. The maximum absolute atomic E-state index is 8.76. The number of nitrogens with two attached hydrogens (primary N) is 1. The van der Waals surface area contributed by atoms with Crippen molar-refractivity contribution in [1.29, 1.82) is 0 Å². The van der Waals surface area contributed by atoms with Gasteiger partial charge in [0.15, 0.2) is 5.17 Å². The van der Waals surface area contributed by atoms with Crippen LogP contribution in [0.15, 0.2) is 29.3 Å². The average Bonchev–Trinajstić information content (AvgIpc) is 2.28. The van der Waals surface area contributed by atoms with Crippen LogP contribution < -0.4 is 5.73 Å². The average molecular weight is 224 g/mol. The molecule has 0 aliphatic heterocycles. The molecule has 0 aromatic heterocycles. The molecule has 82 valence electrons. The fourth-order valence-corrected chi connectivity index (χ4v) is 1.37. The Balaban J connectivity index is 2.56.